The Morgan fingerprint density at radius 3 is 2.70 bits per heavy atom. The lowest BCUT2D eigenvalue weighted by Gasteiger charge is -2.12. The minimum absolute atomic E-state index is 0.0179. The summed E-state index contributed by atoms with van der Waals surface area (Å²) in [5.74, 6) is 0.101. The molecule has 2 N–H and O–H groups in total. The van der Waals surface area contributed by atoms with E-state index in [1.807, 2.05) is 0 Å². The monoisotopic (exact) mass is 276 g/mol. The van der Waals surface area contributed by atoms with Gasteiger partial charge in [0.1, 0.15) is 17.3 Å². The van der Waals surface area contributed by atoms with E-state index in [0.717, 1.165) is 0 Å². The van der Waals surface area contributed by atoms with E-state index < -0.39 is 10.7 Å². The van der Waals surface area contributed by atoms with Crippen molar-refractivity contribution in [2.24, 2.45) is 5.73 Å². The largest absolute Gasteiger partial charge is 0.456 e. The molecule has 5 nitrogen and oxygen atoms in total. The number of rotatable bonds is 4. The van der Waals surface area contributed by atoms with Crippen molar-refractivity contribution in [3.8, 4) is 11.5 Å². The smallest absolute Gasteiger partial charge is 0.273 e. The van der Waals surface area contributed by atoms with Gasteiger partial charge >= 0.3 is 0 Å². The molecule has 0 aliphatic heterocycles. The zero-order chi connectivity index (χ0) is 14.7. The number of benzene rings is 2. The van der Waals surface area contributed by atoms with Gasteiger partial charge in [-0.25, -0.2) is 4.39 Å². The summed E-state index contributed by atoms with van der Waals surface area (Å²) in [7, 11) is 0. The Morgan fingerprint density at radius 2 is 2.05 bits per heavy atom. The van der Waals surface area contributed by atoms with Crippen molar-refractivity contribution < 1.29 is 14.1 Å². The Kier molecular flexibility index (Phi) is 3.95. The van der Waals surface area contributed by atoms with Gasteiger partial charge in [0.2, 0.25) is 0 Å². The third-order valence-electron chi connectivity index (χ3n) is 2.88. The predicted octanol–water partition coefficient (Wildman–Crippen LogP) is 3.29. The van der Waals surface area contributed by atoms with Crippen molar-refractivity contribution in [3.63, 3.8) is 0 Å². The van der Waals surface area contributed by atoms with Crippen LogP contribution in [0.2, 0.25) is 0 Å². The van der Waals surface area contributed by atoms with Crippen LogP contribution in [-0.4, -0.2) is 4.92 Å². The van der Waals surface area contributed by atoms with E-state index in [9.17, 15) is 14.5 Å². The molecule has 0 aliphatic carbocycles. The number of nitro benzene ring substituents is 1. The van der Waals surface area contributed by atoms with Gasteiger partial charge in [-0.3, -0.25) is 10.1 Å². The first-order chi connectivity index (χ1) is 9.52. The quantitative estimate of drug-likeness (QED) is 0.686. The molecule has 0 bridgehead atoms. The number of aryl methyl sites for hydroxylation is 1. The van der Waals surface area contributed by atoms with Crippen LogP contribution in [0.5, 0.6) is 11.5 Å². The van der Waals surface area contributed by atoms with E-state index in [4.69, 9.17) is 10.5 Å². The number of nitro groups is 1. The number of hydrogen-bond acceptors (Lipinski definition) is 4. The number of nitrogens with two attached hydrogens (primary N) is 1. The van der Waals surface area contributed by atoms with E-state index in [-0.39, 0.29) is 23.5 Å². The Morgan fingerprint density at radius 1 is 1.30 bits per heavy atom. The molecule has 0 spiro atoms. The maximum Gasteiger partial charge on any atom is 0.273 e. The van der Waals surface area contributed by atoms with Gasteiger partial charge in [0.05, 0.1) is 11.0 Å². The van der Waals surface area contributed by atoms with E-state index in [1.165, 1.54) is 24.3 Å². The number of non-ortho nitro benzene ring substituents is 1. The fourth-order valence-electron chi connectivity index (χ4n) is 1.76. The van der Waals surface area contributed by atoms with Crippen LogP contribution in [-0.2, 0) is 6.54 Å². The van der Waals surface area contributed by atoms with Crippen LogP contribution in [0, 0.1) is 22.9 Å². The topological polar surface area (TPSA) is 78.4 Å². The second-order valence-electron chi connectivity index (χ2n) is 4.23. The summed E-state index contributed by atoms with van der Waals surface area (Å²) in [4.78, 5) is 10.3. The average Bonchev–Trinajstić information content (AvgIpc) is 2.41. The lowest BCUT2D eigenvalue weighted by molar-refractivity contribution is -0.384. The summed E-state index contributed by atoms with van der Waals surface area (Å²) < 4.78 is 19.2. The molecule has 0 unspecified atom stereocenters. The van der Waals surface area contributed by atoms with Crippen molar-refractivity contribution in [3.05, 3.63) is 63.5 Å². The molecule has 0 saturated carbocycles. The summed E-state index contributed by atoms with van der Waals surface area (Å²) in [6.07, 6.45) is 0. The highest BCUT2D eigenvalue weighted by molar-refractivity contribution is 5.47. The fourth-order valence-corrected chi connectivity index (χ4v) is 1.76. The maximum atomic E-state index is 13.6. The molecular formula is C14H13FN2O3. The first-order valence-electron chi connectivity index (χ1n) is 5.93. The Labute approximate surface area is 114 Å². The van der Waals surface area contributed by atoms with Crippen LogP contribution in [0.4, 0.5) is 10.1 Å². The molecule has 2 aromatic carbocycles. The molecule has 0 radical (unpaired) electrons. The van der Waals surface area contributed by atoms with Gasteiger partial charge < -0.3 is 10.5 Å². The van der Waals surface area contributed by atoms with Gasteiger partial charge in [0, 0.05) is 18.2 Å². The van der Waals surface area contributed by atoms with E-state index in [1.54, 1.807) is 19.1 Å². The van der Waals surface area contributed by atoms with E-state index in [2.05, 4.69) is 0 Å². The zero-order valence-electron chi connectivity index (χ0n) is 10.8. The van der Waals surface area contributed by atoms with Gasteiger partial charge in [0.15, 0.2) is 0 Å². The third kappa shape index (κ3) is 2.75. The van der Waals surface area contributed by atoms with Crippen LogP contribution in [0.15, 0.2) is 36.4 Å². The van der Waals surface area contributed by atoms with Crippen LogP contribution in [0.1, 0.15) is 11.1 Å². The normalized spacial score (nSPS) is 10.3. The Balaban J connectivity index is 2.42. The molecule has 20 heavy (non-hydrogen) atoms. The molecule has 0 heterocycles. The molecule has 2 aromatic rings. The van der Waals surface area contributed by atoms with Gasteiger partial charge in [-0.15, -0.1) is 0 Å². The van der Waals surface area contributed by atoms with Gasteiger partial charge in [-0.1, -0.05) is 6.07 Å². The van der Waals surface area contributed by atoms with Crippen molar-refractivity contribution in [2.45, 2.75) is 13.5 Å². The van der Waals surface area contributed by atoms with E-state index >= 15 is 0 Å². The Hall–Kier alpha value is -2.47. The molecule has 0 amide bonds. The molecule has 0 atom stereocenters. The zero-order valence-corrected chi connectivity index (χ0v) is 10.8. The average molecular weight is 276 g/mol. The van der Waals surface area contributed by atoms with Gasteiger partial charge in [0.25, 0.3) is 5.69 Å². The molecule has 6 heteroatoms. The highest BCUT2D eigenvalue weighted by Crippen LogP contribution is 2.31. The van der Waals surface area contributed by atoms with Crippen LogP contribution in [0.3, 0.4) is 0 Å². The number of nitrogens with zero attached hydrogens (tertiary/aromatic N) is 1. The second-order valence-corrected chi connectivity index (χ2v) is 4.23. The van der Waals surface area contributed by atoms with Crippen LogP contribution >= 0.6 is 0 Å². The van der Waals surface area contributed by atoms with Crippen molar-refractivity contribution >= 4 is 5.69 Å². The lowest BCUT2D eigenvalue weighted by Crippen LogP contribution is -2.03. The molecule has 0 saturated heterocycles. The summed E-state index contributed by atoms with van der Waals surface area (Å²) in [6, 6.07) is 8.63. The first kappa shape index (κ1) is 14.0. The first-order valence-corrected chi connectivity index (χ1v) is 5.93. The molecule has 104 valence electrons. The number of ether oxygens (including phenoxy) is 1. The number of halogens is 1. The summed E-state index contributed by atoms with van der Waals surface area (Å²) in [5.41, 5.74) is 6.35. The van der Waals surface area contributed by atoms with Crippen molar-refractivity contribution in [1.29, 1.82) is 0 Å². The number of hydrogen-bond donors (Lipinski definition) is 1. The maximum absolute atomic E-state index is 13.6. The SMILES string of the molecule is Cc1ccc([N+](=O)[O-])cc1Oc1cccc(F)c1CN. The molecule has 0 aliphatic rings. The Bertz CT molecular complexity index is 659. The minimum atomic E-state index is -0.512. The van der Waals surface area contributed by atoms with Crippen molar-refractivity contribution in [2.75, 3.05) is 0 Å². The van der Waals surface area contributed by atoms with Gasteiger partial charge in [-0.2, -0.15) is 0 Å². The summed E-state index contributed by atoms with van der Waals surface area (Å²) in [5, 5.41) is 10.8. The highest BCUT2D eigenvalue weighted by atomic mass is 19.1. The van der Waals surface area contributed by atoms with Crippen molar-refractivity contribution in [1.82, 2.24) is 0 Å². The second kappa shape index (κ2) is 5.66. The fraction of sp³-hybridized carbons (Fsp3) is 0.143. The summed E-state index contributed by atoms with van der Waals surface area (Å²) in [6.45, 7) is 1.73. The van der Waals surface area contributed by atoms with Gasteiger partial charge in [-0.05, 0) is 30.7 Å². The molecular weight excluding hydrogens is 263 g/mol. The lowest BCUT2D eigenvalue weighted by atomic mass is 10.1. The molecule has 0 fully saturated rings. The standard InChI is InChI=1S/C14H13FN2O3/c1-9-5-6-10(17(18)19)7-14(9)20-13-4-2-3-12(15)11(13)8-16/h2-7H,8,16H2,1H3. The van der Waals surface area contributed by atoms with E-state index in [0.29, 0.717) is 11.3 Å². The molecule has 2 rings (SSSR count). The minimum Gasteiger partial charge on any atom is -0.456 e. The molecule has 0 aromatic heterocycles. The van der Waals surface area contributed by atoms with Crippen LogP contribution < -0.4 is 10.5 Å². The third-order valence-corrected chi connectivity index (χ3v) is 2.88. The van der Waals surface area contributed by atoms with Crippen LogP contribution in [0.25, 0.3) is 0 Å². The summed E-state index contributed by atoms with van der Waals surface area (Å²) >= 11 is 0. The predicted molar refractivity (Wildman–Crippen MR) is 72.2 cm³/mol. The highest BCUT2D eigenvalue weighted by Gasteiger charge is 2.13.